The molecule has 2 aliphatic rings. The number of ether oxygens (including phenoxy) is 1. The number of benzene rings is 4. The molecule has 0 unspecified atom stereocenters. The van der Waals surface area contributed by atoms with Gasteiger partial charge in [0.1, 0.15) is 11.5 Å². The summed E-state index contributed by atoms with van der Waals surface area (Å²) in [5.41, 5.74) is 2.18. The van der Waals surface area contributed by atoms with Crippen molar-refractivity contribution >= 4 is 37.4 Å². The van der Waals surface area contributed by atoms with E-state index in [1.54, 1.807) is 98.1 Å². The van der Waals surface area contributed by atoms with Crippen molar-refractivity contribution in [2.24, 2.45) is 5.92 Å². The largest absolute Gasteiger partial charge is 0.497 e. The highest BCUT2D eigenvalue weighted by molar-refractivity contribution is 7.89. The van der Waals surface area contributed by atoms with Crippen molar-refractivity contribution in [2.45, 2.75) is 47.7 Å². The van der Waals surface area contributed by atoms with Crippen LogP contribution < -0.4 is 4.74 Å². The normalized spacial score (nSPS) is 23.0. The summed E-state index contributed by atoms with van der Waals surface area (Å²) >= 11 is 6.35. The molecular weight excluding hydrogens is 632 g/mol. The Balaban J connectivity index is 1.51. The Labute approximate surface area is 269 Å². The number of nitrogens with zero attached hydrogens (tertiary/aromatic N) is 2. The van der Waals surface area contributed by atoms with E-state index in [4.69, 9.17) is 16.3 Å². The van der Waals surface area contributed by atoms with Crippen molar-refractivity contribution in [3.05, 3.63) is 125 Å². The van der Waals surface area contributed by atoms with Crippen LogP contribution >= 0.6 is 11.6 Å². The highest BCUT2D eigenvalue weighted by atomic mass is 35.5. The van der Waals surface area contributed by atoms with Crippen LogP contribution in [0.2, 0.25) is 5.02 Å². The molecule has 11 heteroatoms. The molecule has 0 saturated carbocycles. The van der Waals surface area contributed by atoms with Gasteiger partial charge in [0, 0.05) is 29.9 Å². The number of Topliss-reactive ketones (excluding diaryl/α,β-unsaturated/α-hetero) is 1. The summed E-state index contributed by atoms with van der Waals surface area (Å²) in [7, 11) is -6.67. The molecular formula is C34H33ClN2O6S2. The van der Waals surface area contributed by atoms with Crippen molar-refractivity contribution in [3.8, 4) is 5.75 Å². The summed E-state index contributed by atoms with van der Waals surface area (Å²) in [5, 5.41) is 0.426. The van der Waals surface area contributed by atoms with Crippen LogP contribution in [0.5, 0.6) is 5.75 Å². The third kappa shape index (κ3) is 5.93. The van der Waals surface area contributed by atoms with Gasteiger partial charge < -0.3 is 4.74 Å². The molecule has 0 bridgehead atoms. The van der Waals surface area contributed by atoms with Crippen molar-refractivity contribution in [2.75, 3.05) is 13.7 Å². The molecule has 0 spiro atoms. The number of methoxy groups -OCH3 is 1. The van der Waals surface area contributed by atoms with E-state index < -0.39 is 44.1 Å². The minimum Gasteiger partial charge on any atom is -0.497 e. The van der Waals surface area contributed by atoms with Gasteiger partial charge in [0.25, 0.3) is 0 Å². The van der Waals surface area contributed by atoms with Gasteiger partial charge in [-0.25, -0.2) is 16.8 Å². The third-order valence-corrected chi connectivity index (χ3v) is 12.8. The number of hydrogen-bond donors (Lipinski definition) is 0. The highest BCUT2D eigenvalue weighted by Gasteiger charge is 2.54. The average molecular weight is 665 g/mol. The van der Waals surface area contributed by atoms with Gasteiger partial charge in [-0.1, -0.05) is 71.8 Å². The van der Waals surface area contributed by atoms with Gasteiger partial charge >= 0.3 is 0 Å². The van der Waals surface area contributed by atoms with Crippen molar-refractivity contribution in [3.63, 3.8) is 0 Å². The van der Waals surface area contributed by atoms with Crippen LogP contribution in [0.25, 0.3) is 0 Å². The molecule has 0 N–H and O–H groups in total. The molecule has 2 fully saturated rings. The van der Waals surface area contributed by atoms with Crippen LogP contribution in [0.1, 0.15) is 41.6 Å². The summed E-state index contributed by atoms with van der Waals surface area (Å²) in [5.74, 6) is -0.474. The summed E-state index contributed by atoms with van der Waals surface area (Å²) in [4.78, 5) is 14.2. The standard InChI is InChI=1S/C34H33ClN2O6S2/c1-23-11-17-29(18-12-23)45(41,42)37-32(25-7-6-8-26(35)19-25)21-34(38)30-22-36(44(39,40)28-9-4-3-5-10-28)31(20-33(30)37)24-13-15-27(43-2)16-14-24/h3-19,30-33H,20-22H2,1-2H3/t30-,31+,32+,33+/m1/s1. The van der Waals surface area contributed by atoms with Crippen molar-refractivity contribution in [1.82, 2.24) is 8.61 Å². The van der Waals surface area contributed by atoms with Gasteiger partial charge in [-0.15, -0.1) is 0 Å². The minimum atomic E-state index is -4.15. The molecule has 45 heavy (non-hydrogen) atoms. The van der Waals surface area contributed by atoms with E-state index in [1.165, 1.54) is 20.7 Å². The highest BCUT2D eigenvalue weighted by Crippen LogP contribution is 2.48. The molecule has 0 amide bonds. The first kappa shape index (κ1) is 31.4. The Hall–Kier alpha value is -3.54. The summed E-state index contributed by atoms with van der Waals surface area (Å²) in [6.07, 6.45) is -0.0457. The van der Waals surface area contributed by atoms with Crippen molar-refractivity contribution in [1.29, 1.82) is 0 Å². The lowest BCUT2D eigenvalue weighted by Gasteiger charge is -2.51. The fourth-order valence-electron chi connectivity index (χ4n) is 6.49. The molecule has 0 aromatic heterocycles. The predicted octanol–water partition coefficient (Wildman–Crippen LogP) is 6.18. The fraction of sp³-hybridized carbons (Fsp3) is 0.265. The van der Waals surface area contributed by atoms with E-state index in [0.29, 0.717) is 21.9 Å². The Morgan fingerprint density at radius 3 is 2.07 bits per heavy atom. The van der Waals surface area contributed by atoms with Gasteiger partial charge in [-0.2, -0.15) is 8.61 Å². The first-order valence-corrected chi connectivity index (χ1v) is 17.9. The lowest BCUT2D eigenvalue weighted by atomic mass is 9.77. The second kappa shape index (κ2) is 12.3. The van der Waals surface area contributed by atoms with Crippen molar-refractivity contribution < 1.29 is 26.4 Å². The SMILES string of the molecule is COc1ccc([C@@H]2C[C@H]3[C@@H](CN2S(=O)(=O)c2ccccc2)C(=O)C[C@@H](c2cccc(Cl)c2)N3S(=O)(=O)c2ccc(C)cc2)cc1. The van der Waals surface area contributed by atoms with Crippen LogP contribution in [0.15, 0.2) is 113 Å². The monoisotopic (exact) mass is 664 g/mol. The number of halogens is 1. The number of fused-ring (bicyclic) bond motifs is 1. The molecule has 4 aromatic rings. The van der Waals surface area contributed by atoms with Gasteiger partial charge in [0.15, 0.2) is 0 Å². The maximum atomic E-state index is 14.6. The quantitative estimate of drug-likeness (QED) is 0.234. The lowest BCUT2D eigenvalue weighted by Crippen LogP contribution is -2.60. The molecule has 6 rings (SSSR count). The van der Waals surface area contributed by atoms with Gasteiger partial charge in [-0.05, 0) is 73.0 Å². The smallest absolute Gasteiger partial charge is 0.243 e. The molecule has 2 aliphatic heterocycles. The molecule has 234 valence electrons. The van der Waals surface area contributed by atoms with Gasteiger partial charge in [0.05, 0.1) is 29.0 Å². The predicted molar refractivity (Wildman–Crippen MR) is 172 cm³/mol. The average Bonchev–Trinajstić information content (AvgIpc) is 3.04. The van der Waals surface area contributed by atoms with E-state index in [0.717, 1.165) is 5.56 Å². The Kier molecular flexibility index (Phi) is 8.62. The number of sulfonamides is 2. The van der Waals surface area contributed by atoms with Gasteiger partial charge in [-0.3, -0.25) is 4.79 Å². The number of carbonyl (C=O) groups excluding carboxylic acids is 1. The topological polar surface area (TPSA) is 101 Å². The first-order valence-electron chi connectivity index (χ1n) is 14.6. The maximum Gasteiger partial charge on any atom is 0.243 e. The number of rotatable bonds is 7. The molecule has 2 saturated heterocycles. The summed E-state index contributed by atoms with van der Waals surface area (Å²) < 4.78 is 65.7. The van der Waals surface area contributed by atoms with E-state index in [-0.39, 0.29) is 35.0 Å². The number of ketones is 1. The summed E-state index contributed by atoms with van der Waals surface area (Å²) in [6.45, 7) is 1.71. The van der Waals surface area contributed by atoms with Gasteiger partial charge in [0.2, 0.25) is 20.0 Å². The summed E-state index contributed by atoms with van der Waals surface area (Å²) in [6, 6.07) is 26.3. The molecule has 0 radical (unpaired) electrons. The van der Waals surface area contributed by atoms with Crippen LogP contribution in [0.4, 0.5) is 0 Å². The van der Waals surface area contributed by atoms with E-state index in [1.807, 2.05) is 6.92 Å². The zero-order valence-electron chi connectivity index (χ0n) is 24.8. The third-order valence-electron chi connectivity index (χ3n) is 8.78. The Bertz CT molecular complexity index is 1920. The van der Waals surface area contributed by atoms with Crippen LogP contribution in [-0.2, 0) is 24.8 Å². The Morgan fingerprint density at radius 2 is 1.42 bits per heavy atom. The molecule has 0 aliphatic carbocycles. The van der Waals surface area contributed by atoms with Crippen LogP contribution in [-0.4, -0.2) is 50.9 Å². The number of hydrogen-bond acceptors (Lipinski definition) is 6. The number of piperidine rings is 2. The zero-order chi connectivity index (χ0) is 31.9. The van der Waals surface area contributed by atoms with Crippen LogP contribution in [0.3, 0.4) is 0 Å². The second-order valence-corrected chi connectivity index (χ2v) is 15.6. The molecule has 4 atom stereocenters. The molecule has 2 heterocycles. The minimum absolute atomic E-state index is 0.0664. The van der Waals surface area contributed by atoms with Crippen LogP contribution in [0, 0.1) is 12.8 Å². The zero-order valence-corrected chi connectivity index (χ0v) is 27.2. The van der Waals surface area contributed by atoms with E-state index in [2.05, 4.69) is 0 Å². The molecule has 8 nitrogen and oxygen atoms in total. The first-order chi connectivity index (χ1) is 21.5. The maximum absolute atomic E-state index is 14.6. The number of aryl methyl sites for hydroxylation is 1. The fourth-order valence-corrected chi connectivity index (χ4v) is 10.2. The molecule has 4 aromatic carbocycles. The lowest BCUT2D eigenvalue weighted by molar-refractivity contribution is -0.132. The van der Waals surface area contributed by atoms with E-state index >= 15 is 0 Å². The van der Waals surface area contributed by atoms with E-state index in [9.17, 15) is 21.6 Å². The second-order valence-electron chi connectivity index (χ2n) is 11.5. The Morgan fingerprint density at radius 1 is 0.756 bits per heavy atom. The number of carbonyl (C=O) groups is 1.